The van der Waals surface area contributed by atoms with Gasteiger partial charge in [0.2, 0.25) is 0 Å². The average molecular weight is 285 g/mol. The Morgan fingerprint density at radius 3 is 2.47 bits per heavy atom. The molecule has 1 heterocycles. The zero-order chi connectivity index (χ0) is 13.8. The number of methoxy groups -OCH3 is 1. The van der Waals surface area contributed by atoms with Crippen molar-refractivity contribution in [3.63, 3.8) is 0 Å². The Kier molecular flexibility index (Phi) is 4.27. The van der Waals surface area contributed by atoms with Crippen LogP contribution in [0.3, 0.4) is 0 Å². The molecule has 100 valence electrons. The topological polar surface area (TPSA) is 35.0 Å². The van der Waals surface area contributed by atoms with Gasteiger partial charge in [-0.1, -0.05) is 0 Å². The van der Waals surface area contributed by atoms with E-state index >= 15 is 0 Å². The van der Waals surface area contributed by atoms with Crippen molar-refractivity contribution in [2.24, 2.45) is 0 Å². The van der Waals surface area contributed by atoms with Crippen molar-refractivity contribution in [2.45, 2.75) is 12.3 Å². The Bertz CT molecular complexity index is 561. The van der Waals surface area contributed by atoms with Crippen molar-refractivity contribution in [2.75, 3.05) is 7.11 Å². The molecule has 0 aliphatic heterocycles. The molecule has 1 aromatic heterocycles. The highest BCUT2D eigenvalue weighted by atomic mass is 35.5. The second kappa shape index (κ2) is 5.93. The quantitative estimate of drug-likeness (QED) is 0.801. The highest BCUT2D eigenvalue weighted by molar-refractivity contribution is 6.17. The summed E-state index contributed by atoms with van der Waals surface area (Å²) in [7, 11) is 1.55. The summed E-state index contributed by atoms with van der Waals surface area (Å²) in [6.07, 6.45) is -1.34. The molecule has 6 heteroatoms. The molecule has 19 heavy (non-hydrogen) atoms. The van der Waals surface area contributed by atoms with Gasteiger partial charge in [0.05, 0.1) is 13.0 Å². The van der Waals surface area contributed by atoms with Crippen LogP contribution in [0.1, 0.15) is 17.7 Å². The lowest BCUT2D eigenvalue weighted by atomic mass is 10.2. The summed E-state index contributed by atoms with van der Waals surface area (Å²) >= 11 is 5.58. The molecule has 0 saturated heterocycles. The number of halogens is 3. The zero-order valence-corrected chi connectivity index (χ0v) is 10.9. The van der Waals surface area contributed by atoms with Crippen molar-refractivity contribution in [3.8, 4) is 17.1 Å². The van der Waals surface area contributed by atoms with E-state index in [1.165, 1.54) is 6.20 Å². The number of nitrogens with zero attached hydrogens (tertiary/aromatic N) is 2. The standard InChI is InChI=1S/C13H11ClF2N2O/c1-19-10-4-2-8(3-5-10)13-17-7-9(6-14)11(18-13)12(15)16/h2-5,7,12H,6H2,1H3. The third-order valence-electron chi connectivity index (χ3n) is 2.60. The van der Waals surface area contributed by atoms with Crippen molar-refractivity contribution in [1.29, 1.82) is 0 Å². The maximum atomic E-state index is 12.9. The molecule has 0 radical (unpaired) electrons. The monoisotopic (exact) mass is 284 g/mol. The third-order valence-corrected chi connectivity index (χ3v) is 2.88. The van der Waals surface area contributed by atoms with Gasteiger partial charge in [-0.3, -0.25) is 0 Å². The maximum absolute atomic E-state index is 12.9. The first kappa shape index (κ1) is 13.7. The summed E-state index contributed by atoms with van der Waals surface area (Å²) in [5.74, 6) is 0.879. The molecular formula is C13H11ClF2N2O. The van der Waals surface area contributed by atoms with E-state index in [1.54, 1.807) is 31.4 Å². The lowest BCUT2D eigenvalue weighted by Crippen LogP contribution is -2.01. The van der Waals surface area contributed by atoms with Crippen LogP contribution in [0.2, 0.25) is 0 Å². The van der Waals surface area contributed by atoms with Crippen molar-refractivity contribution < 1.29 is 13.5 Å². The van der Waals surface area contributed by atoms with Crippen LogP contribution in [-0.4, -0.2) is 17.1 Å². The van der Waals surface area contributed by atoms with E-state index in [9.17, 15) is 8.78 Å². The van der Waals surface area contributed by atoms with Crippen LogP contribution < -0.4 is 4.74 Å². The molecule has 0 unspecified atom stereocenters. The van der Waals surface area contributed by atoms with E-state index in [-0.39, 0.29) is 23.0 Å². The van der Waals surface area contributed by atoms with E-state index in [2.05, 4.69) is 9.97 Å². The summed E-state index contributed by atoms with van der Waals surface area (Å²) in [4.78, 5) is 7.93. The van der Waals surface area contributed by atoms with Gasteiger partial charge in [-0.2, -0.15) is 0 Å². The second-order valence-corrected chi connectivity index (χ2v) is 4.03. The number of alkyl halides is 3. The molecule has 0 saturated carbocycles. The van der Waals surface area contributed by atoms with Crippen LogP contribution in [0, 0.1) is 0 Å². The van der Waals surface area contributed by atoms with Gasteiger partial charge >= 0.3 is 0 Å². The first-order valence-electron chi connectivity index (χ1n) is 5.50. The summed E-state index contributed by atoms with van der Waals surface area (Å²) in [5.41, 5.74) is 0.563. The van der Waals surface area contributed by atoms with Crippen LogP contribution >= 0.6 is 11.6 Å². The minimum absolute atomic E-state index is 0.0391. The summed E-state index contributed by atoms with van der Waals surface area (Å²) in [6.45, 7) is 0. The molecule has 2 aromatic rings. The van der Waals surface area contributed by atoms with Gasteiger partial charge in [0.25, 0.3) is 6.43 Å². The summed E-state index contributed by atoms with van der Waals surface area (Å²) in [5, 5.41) is 0. The normalized spacial score (nSPS) is 10.8. The average Bonchev–Trinajstić information content (AvgIpc) is 2.46. The highest BCUT2D eigenvalue weighted by Gasteiger charge is 2.16. The fourth-order valence-electron chi connectivity index (χ4n) is 1.59. The number of rotatable bonds is 4. The first-order valence-corrected chi connectivity index (χ1v) is 6.03. The van der Waals surface area contributed by atoms with Gasteiger partial charge in [0, 0.05) is 17.3 Å². The zero-order valence-electron chi connectivity index (χ0n) is 10.1. The lowest BCUT2D eigenvalue weighted by molar-refractivity contribution is 0.145. The van der Waals surface area contributed by atoms with Gasteiger partial charge < -0.3 is 4.74 Å². The first-order chi connectivity index (χ1) is 9.15. The summed E-state index contributed by atoms with van der Waals surface area (Å²) in [6, 6.07) is 6.86. The minimum Gasteiger partial charge on any atom is -0.497 e. The Hall–Kier alpha value is -1.75. The Morgan fingerprint density at radius 1 is 1.26 bits per heavy atom. The fourth-order valence-corrected chi connectivity index (χ4v) is 1.80. The van der Waals surface area contributed by atoms with Crippen LogP contribution in [0.4, 0.5) is 8.78 Å². The molecule has 0 bridgehead atoms. The number of aromatic nitrogens is 2. The van der Waals surface area contributed by atoms with Crippen LogP contribution in [0.25, 0.3) is 11.4 Å². The number of hydrogen-bond donors (Lipinski definition) is 0. The van der Waals surface area contributed by atoms with E-state index in [0.29, 0.717) is 11.3 Å². The van der Waals surface area contributed by atoms with Gasteiger partial charge in [-0.25, -0.2) is 18.7 Å². The molecule has 0 aliphatic carbocycles. The maximum Gasteiger partial charge on any atom is 0.280 e. The van der Waals surface area contributed by atoms with E-state index in [0.717, 1.165) is 0 Å². The highest BCUT2D eigenvalue weighted by Crippen LogP contribution is 2.25. The molecule has 2 rings (SSSR count). The molecule has 0 N–H and O–H groups in total. The minimum atomic E-state index is -2.67. The Balaban J connectivity index is 2.41. The van der Waals surface area contributed by atoms with Crippen LogP contribution in [-0.2, 0) is 5.88 Å². The predicted molar refractivity (Wildman–Crippen MR) is 68.5 cm³/mol. The van der Waals surface area contributed by atoms with E-state index in [1.807, 2.05) is 0 Å². The molecule has 0 atom stereocenters. The van der Waals surface area contributed by atoms with Crippen LogP contribution in [0.5, 0.6) is 5.75 Å². The molecule has 0 amide bonds. The van der Waals surface area contributed by atoms with Gasteiger partial charge in [-0.15, -0.1) is 11.6 Å². The molecule has 0 fully saturated rings. The fraction of sp³-hybridized carbons (Fsp3) is 0.231. The molecular weight excluding hydrogens is 274 g/mol. The largest absolute Gasteiger partial charge is 0.497 e. The Morgan fingerprint density at radius 2 is 1.95 bits per heavy atom. The van der Waals surface area contributed by atoms with Crippen LogP contribution in [0.15, 0.2) is 30.5 Å². The van der Waals surface area contributed by atoms with E-state index in [4.69, 9.17) is 16.3 Å². The summed E-state index contributed by atoms with van der Waals surface area (Å²) < 4.78 is 30.7. The Labute approximate surface area is 114 Å². The predicted octanol–water partition coefficient (Wildman–Crippen LogP) is 3.83. The SMILES string of the molecule is COc1ccc(-c2ncc(CCl)c(C(F)F)n2)cc1. The third kappa shape index (κ3) is 2.98. The molecule has 0 aliphatic rings. The molecule has 3 nitrogen and oxygen atoms in total. The van der Waals surface area contributed by atoms with Gasteiger partial charge in [0.1, 0.15) is 11.4 Å². The van der Waals surface area contributed by atoms with Crippen molar-refractivity contribution >= 4 is 11.6 Å². The van der Waals surface area contributed by atoms with Gasteiger partial charge in [-0.05, 0) is 24.3 Å². The van der Waals surface area contributed by atoms with Crippen molar-refractivity contribution in [3.05, 3.63) is 41.7 Å². The number of hydrogen-bond acceptors (Lipinski definition) is 3. The lowest BCUT2D eigenvalue weighted by Gasteiger charge is -2.08. The van der Waals surface area contributed by atoms with Crippen molar-refractivity contribution in [1.82, 2.24) is 9.97 Å². The smallest absolute Gasteiger partial charge is 0.280 e. The second-order valence-electron chi connectivity index (χ2n) is 3.77. The molecule has 1 aromatic carbocycles. The number of benzene rings is 1. The molecule has 0 spiro atoms. The number of ether oxygens (including phenoxy) is 1. The van der Waals surface area contributed by atoms with Gasteiger partial charge in [0.15, 0.2) is 5.82 Å². The van der Waals surface area contributed by atoms with E-state index < -0.39 is 6.43 Å².